The van der Waals surface area contributed by atoms with Gasteiger partial charge in [-0.05, 0) is 12.1 Å². The van der Waals surface area contributed by atoms with E-state index in [1.54, 1.807) is 0 Å². The molecule has 1 aliphatic rings. The highest BCUT2D eigenvalue weighted by atomic mass is 32.2. The van der Waals surface area contributed by atoms with Gasteiger partial charge in [-0.3, -0.25) is 0 Å². The van der Waals surface area contributed by atoms with Gasteiger partial charge < -0.3 is 9.42 Å². The van der Waals surface area contributed by atoms with Crippen molar-refractivity contribution in [2.24, 2.45) is 0 Å². The summed E-state index contributed by atoms with van der Waals surface area (Å²) in [6, 6.07) is 6.78. The molecule has 0 unspecified atom stereocenters. The summed E-state index contributed by atoms with van der Waals surface area (Å²) in [5.41, 5.74) is -0.493. The van der Waals surface area contributed by atoms with E-state index < -0.39 is 11.7 Å². The fourth-order valence-corrected chi connectivity index (χ4v) is 4.38. The molecule has 0 atom stereocenters. The standard InChI is InChI=1S/C18H16F3N5OS2/c19-18(20,21)13-3-1-2-12(8-13)17-24-15(27-25-17)10-29-16-9-14(22-11-23-16)26-4-6-28-7-5-26/h1-3,8-9,11H,4-7,10H2. The van der Waals surface area contributed by atoms with Gasteiger partial charge in [0.05, 0.1) is 11.3 Å². The first-order valence-corrected chi connectivity index (χ1v) is 10.9. The number of aromatic nitrogens is 4. The zero-order chi connectivity index (χ0) is 20.3. The Morgan fingerprint density at radius 3 is 2.76 bits per heavy atom. The minimum absolute atomic E-state index is 0.126. The summed E-state index contributed by atoms with van der Waals surface area (Å²) in [7, 11) is 0. The van der Waals surface area contributed by atoms with Crippen molar-refractivity contribution in [3.05, 3.63) is 48.1 Å². The van der Waals surface area contributed by atoms with Crippen LogP contribution >= 0.6 is 23.5 Å². The molecule has 0 saturated carbocycles. The molecule has 0 spiro atoms. The normalized spacial score (nSPS) is 14.9. The second-order valence-corrected chi connectivity index (χ2v) is 8.41. The molecule has 3 aromatic rings. The smallest absolute Gasteiger partial charge is 0.355 e. The van der Waals surface area contributed by atoms with E-state index in [1.807, 2.05) is 17.8 Å². The molecule has 11 heteroatoms. The van der Waals surface area contributed by atoms with Gasteiger partial charge >= 0.3 is 6.18 Å². The van der Waals surface area contributed by atoms with E-state index in [2.05, 4.69) is 25.0 Å². The van der Waals surface area contributed by atoms with Crippen LogP contribution in [0.25, 0.3) is 11.4 Å². The molecule has 0 bridgehead atoms. The van der Waals surface area contributed by atoms with Gasteiger partial charge in [-0.25, -0.2) is 9.97 Å². The number of benzene rings is 1. The molecular formula is C18H16F3N5OS2. The number of rotatable bonds is 5. The molecule has 0 N–H and O–H groups in total. The summed E-state index contributed by atoms with van der Waals surface area (Å²) >= 11 is 3.34. The van der Waals surface area contributed by atoms with Crippen LogP contribution in [0.2, 0.25) is 0 Å². The fourth-order valence-electron chi connectivity index (χ4n) is 2.78. The second kappa shape index (κ2) is 8.62. The Kier molecular flexibility index (Phi) is 5.95. The maximum Gasteiger partial charge on any atom is 0.416 e. The van der Waals surface area contributed by atoms with Crippen LogP contribution in [-0.4, -0.2) is 44.7 Å². The van der Waals surface area contributed by atoms with Crippen LogP contribution in [0.15, 0.2) is 46.2 Å². The Hall–Kier alpha value is -2.27. The Labute approximate surface area is 173 Å². The third-order valence-corrected chi connectivity index (χ3v) is 6.08. The molecule has 4 rings (SSSR count). The van der Waals surface area contributed by atoms with Gasteiger partial charge in [0.2, 0.25) is 11.7 Å². The summed E-state index contributed by atoms with van der Waals surface area (Å²) < 4.78 is 43.8. The van der Waals surface area contributed by atoms with Gasteiger partial charge in [-0.1, -0.05) is 29.1 Å². The largest absolute Gasteiger partial charge is 0.416 e. The predicted octanol–water partition coefficient (Wildman–Crippen LogP) is 4.39. The minimum atomic E-state index is -4.42. The molecule has 3 heterocycles. The Morgan fingerprint density at radius 1 is 1.14 bits per heavy atom. The lowest BCUT2D eigenvalue weighted by molar-refractivity contribution is -0.137. The lowest BCUT2D eigenvalue weighted by Gasteiger charge is -2.27. The van der Waals surface area contributed by atoms with Crippen LogP contribution in [-0.2, 0) is 11.9 Å². The van der Waals surface area contributed by atoms with Gasteiger partial charge in [0, 0.05) is 36.2 Å². The average molecular weight is 439 g/mol. The molecule has 0 aliphatic carbocycles. The van der Waals surface area contributed by atoms with Crippen LogP contribution < -0.4 is 4.90 Å². The molecule has 0 amide bonds. The zero-order valence-electron chi connectivity index (χ0n) is 15.1. The minimum Gasteiger partial charge on any atom is -0.355 e. The summed E-state index contributed by atoms with van der Waals surface area (Å²) in [6.07, 6.45) is -2.89. The molecule has 2 aromatic heterocycles. The quantitative estimate of drug-likeness (QED) is 0.428. The van der Waals surface area contributed by atoms with Crippen molar-refractivity contribution in [2.75, 3.05) is 29.5 Å². The number of alkyl halides is 3. The van der Waals surface area contributed by atoms with E-state index >= 15 is 0 Å². The second-order valence-electron chi connectivity index (χ2n) is 6.19. The van der Waals surface area contributed by atoms with E-state index in [9.17, 15) is 13.2 Å². The monoisotopic (exact) mass is 439 g/mol. The molecule has 1 aromatic carbocycles. The van der Waals surface area contributed by atoms with Crippen LogP contribution in [0.5, 0.6) is 0 Å². The summed E-state index contributed by atoms with van der Waals surface area (Å²) in [5, 5.41) is 4.57. The summed E-state index contributed by atoms with van der Waals surface area (Å²) in [4.78, 5) is 15.0. The Bertz CT molecular complexity index is 976. The molecule has 1 aliphatic heterocycles. The first kappa shape index (κ1) is 20.0. The van der Waals surface area contributed by atoms with Gasteiger partial charge in [0.15, 0.2) is 0 Å². The lowest BCUT2D eigenvalue weighted by Crippen LogP contribution is -2.33. The lowest BCUT2D eigenvalue weighted by atomic mass is 10.1. The number of nitrogens with zero attached hydrogens (tertiary/aromatic N) is 5. The number of halogens is 3. The van der Waals surface area contributed by atoms with Crippen LogP contribution in [0.1, 0.15) is 11.5 Å². The van der Waals surface area contributed by atoms with Crippen molar-refractivity contribution >= 4 is 29.3 Å². The van der Waals surface area contributed by atoms with E-state index in [0.29, 0.717) is 11.6 Å². The highest BCUT2D eigenvalue weighted by Gasteiger charge is 2.30. The third-order valence-electron chi connectivity index (χ3n) is 4.22. The van der Waals surface area contributed by atoms with Crippen LogP contribution in [0, 0.1) is 0 Å². The molecule has 1 saturated heterocycles. The fraction of sp³-hybridized carbons (Fsp3) is 0.333. The molecule has 1 fully saturated rings. The van der Waals surface area contributed by atoms with Crippen molar-refractivity contribution in [3.63, 3.8) is 0 Å². The molecular weight excluding hydrogens is 423 g/mol. The van der Waals surface area contributed by atoms with Gasteiger partial charge in [-0.2, -0.15) is 29.9 Å². The Morgan fingerprint density at radius 2 is 1.97 bits per heavy atom. The van der Waals surface area contributed by atoms with Crippen molar-refractivity contribution in [1.82, 2.24) is 20.1 Å². The maximum absolute atomic E-state index is 12.9. The van der Waals surface area contributed by atoms with Gasteiger partial charge in [0.25, 0.3) is 0 Å². The number of hydrogen-bond donors (Lipinski definition) is 0. The summed E-state index contributed by atoms with van der Waals surface area (Å²) in [6.45, 7) is 1.91. The average Bonchev–Trinajstić information content (AvgIpc) is 3.22. The molecule has 6 nitrogen and oxygen atoms in total. The van der Waals surface area contributed by atoms with Crippen LogP contribution in [0.4, 0.5) is 19.0 Å². The van der Waals surface area contributed by atoms with Gasteiger partial charge in [-0.15, -0.1) is 0 Å². The van der Waals surface area contributed by atoms with Crippen molar-refractivity contribution in [3.8, 4) is 11.4 Å². The maximum atomic E-state index is 12.9. The Balaban J connectivity index is 1.43. The summed E-state index contributed by atoms with van der Waals surface area (Å²) in [5.74, 6) is 3.84. The molecule has 152 valence electrons. The third kappa shape index (κ3) is 5.02. The van der Waals surface area contributed by atoms with Crippen molar-refractivity contribution in [1.29, 1.82) is 0 Å². The highest BCUT2D eigenvalue weighted by Crippen LogP contribution is 2.32. The molecule has 29 heavy (non-hydrogen) atoms. The van der Waals surface area contributed by atoms with E-state index in [0.717, 1.165) is 47.6 Å². The SMILES string of the molecule is FC(F)(F)c1cccc(-c2noc(CSc3cc(N4CCSCC4)ncn3)n2)c1. The zero-order valence-corrected chi connectivity index (χ0v) is 16.7. The van der Waals surface area contributed by atoms with Crippen molar-refractivity contribution in [2.45, 2.75) is 17.0 Å². The first-order chi connectivity index (χ1) is 14.0. The first-order valence-electron chi connectivity index (χ1n) is 8.77. The topological polar surface area (TPSA) is 67.9 Å². The van der Waals surface area contributed by atoms with E-state index in [1.165, 1.54) is 30.2 Å². The molecule has 0 radical (unpaired) electrons. The predicted molar refractivity (Wildman–Crippen MR) is 106 cm³/mol. The number of anilines is 1. The van der Waals surface area contributed by atoms with Gasteiger partial charge in [0.1, 0.15) is 17.2 Å². The van der Waals surface area contributed by atoms with E-state index in [-0.39, 0.29) is 11.4 Å². The number of hydrogen-bond acceptors (Lipinski definition) is 8. The van der Waals surface area contributed by atoms with E-state index in [4.69, 9.17) is 4.52 Å². The highest BCUT2D eigenvalue weighted by molar-refractivity contribution is 7.99. The van der Waals surface area contributed by atoms with Crippen LogP contribution in [0.3, 0.4) is 0 Å². The van der Waals surface area contributed by atoms with Crippen molar-refractivity contribution < 1.29 is 17.7 Å². The number of thioether (sulfide) groups is 2.